The summed E-state index contributed by atoms with van der Waals surface area (Å²) in [6, 6.07) is 0. The molecule has 0 spiro atoms. The van der Waals surface area contributed by atoms with Crippen molar-refractivity contribution in [1.29, 1.82) is 0 Å². The van der Waals surface area contributed by atoms with Crippen molar-refractivity contribution in [2.24, 2.45) is 0 Å². The predicted molar refractivity (Wildman–Crippen MR) is 75.5 cm³/mol. The van der Waals surface area contributed by atoms with E-state index < -0.39 is 0 Å². The Morgan fingerprint density at radius 3 is 2.25 bits per heavy atom. The maximum absolute atomic E-state index is 11.8. The average Bonchev–Trinajstić information content (AvgIpc) is 2.47. The fraction of sp³-hybridized carbons (Fsp3) is 0.833. The van der Waals surface area contributed by atoms with Gasteiger partial charge in [-0.25, -0.2) is 0 Å². The number of hydrogen-bond donors (Lipinski definition) is 2. The predicted octanol–water partition coefficient (Wildman–Crippen LogP) is -1.61. The van der Waals surface area contributed by atoms with Crippen LogP contribution in [0.3, 0.4) is 0 Å². The quantitative estimate of drug-likeness (QED) is 0.561. The van der Waals surface area contributed by atoms with E-state index >= 15 is 0 Å². The van der Waals surface area contributed by atoms with Gasteiger partial charge >= 0.3 is 0 Å². The molecule has 0 aromatic carbocycles. The fourth-order valence-corrected chi connectivity index (χ4v) is 2.64. The largest absolute Gasteiger partial charge is 0.395 e. The lowest BCUT2D eigenvalue weighted by Gasteiger charge is -2.26. The van der Waals surface area contributed by atoms with Crippen LogP contribution in [0.4, 0.5) is 0 Å². The summed E-state index contributed by atoms with van der Waals surface area (Å²) in [7, 11) is 0. The average molecular weight is 306 g/mol. The van der Waals surface area contributed by atoms with Crippen molar-refractivity contribution < 1.29 is 24.5 Å². The molecule has 0 aromatic heterocycles. The van der Waals surface area contributed by atoms with E-state index in [2.05, 4.69) is 0 Å². The number of ether oxygens (including phenoxy) is 1. The minimum Gasteiger partial charge on any atom is -0.395 e. The second kappa shape index (κ2) is 9.98. The Kier molecular flexibility index (Phi) is 8.59. The number of morpholine rings is 1. The molecular formula is C12H22N2O5S. The number of aliphatic hydroxyl groups excluding tert-OH is 2. The van der Waals surface area contributed by atoms with Gasteiger partial charge in [0.2, 0.25) is 11.8 Å². The van der Waals surface area contributed by atoms with Crippen LogP contribution in [0.15, 0.2) is 0 Å². The van der Waals surface area contributed by atoms with Crippen molar-refractivity contribution in [1.82, 2.24) is 9.80 Å². The summed E-state index contributed by atoms with van der Waals surface area (Å²) < 4.78 is 5.17. The Morgan fingerprint density at radius 1 is 1.10 bits per heavy atom. The highest BCUT2D eigenvalue weighted by atomic mass is 32.2. The van der Waals surface area contributed by atoms with Gasteiger partial charge in [-0.1, -0.05) is 0 Å². The molecule has 1 fully saturated rings. The van der Waals surface area contributed by atoms with Crippen LogP contribution in [-0.4, -0.2) is 95.9 Å². The zero-order chi connectivity index (χ0) is 14.8. The van der Waals surface area contributed by atoms with Gasteiger partial charge in [0.05, 0.1) is 37.9 Å². The molecule has 1 aliphatic rings. The summed E-state index contributed by atoms with van der Waals surface area (Å²) in [5.74, 6) is 0.281. The van der Waals surface area contributed by atoms with Crippen molar-refractivity contribution in [3.63, 3.8) is 0 Å². The zero-order valence-corrected chi connectivity index (χ0v) is 12.3. The third kappa shape index (κ3) is 6.08. The molecule has 1 saturated heterocycles. The molecule has 2 amide bonds. The highest BCUT2D eigenvalue weighted by Crippen LogP contribution is 2.06. The van der Waals surface area contributed by atoms with Gasteiger partial charge in [0, 0.05) is 26.2 Å². The zero-order valence-electron chi connectivity index (χ0n) is 11.5. The lowest BCUT2D eigenvalue weighted by molar-refractivity contribution is -0.132. The van der Waals surface area contributed by atoms with Gasteiger partial charge in [0.1, 0.15) is 0 Å². The molecule has 1 rings (SSSR count). The van der Waals surface area contributed by atoms with Crippen molar-refractivity contribution in [3.8, 4) is 0 Å². The molecule has 0 unspecified atom stereocenters. The number of amides is 2. The second-order valence-corrected chi connectivity index (χ2v) is 5.30. The molecule has 8 heteroatoms. The Bertz CT molecular complexity index is 304. The molecule has 20 heavy (non-hydrogen) atoms. The van der Waals surface area contributed by atoms with E-state index in [1.165, 1.54) is 16.7 Å². The summed E-state index contributed by atoms with van der Waals surface area (Å²) in [4.78, 5) is 26.8. The molecule has 0 radical (unpaired) electrons. The Hall–Kier alpha value is -0.830. The summed E-state index contributed by atoms with van der Waals surface area (Å²) in [5.41, 5.74) is 0. The smallest absolute Gasteiger partial charge is 0.232 e. The van der Waals surface area contributed by atoms with E-state index in [0.717, 1.165) is 0 Å². The lowest BCUT2D eigenvalue weighted by atomic mass is 10.4. The number of hydrogen-bond acceptors (Lipinski definition) is 6. The van der Waals surface area contributed by atoms with Gasteiger partial charge in [0.25, 0.3) is 0 Å². The first-order chi connectivity index (χ1) is 9.69. The monoisotopic (exact) mass is 306 g/mol. The fourth-order valence-electron chi connectivity index (χ4n) is 1.82. The lowest BCUT2D eigenvalue weighted by Crippen LogP contribution is -2.42. The number of aliphatic hydroxyl groups is 2. The van der Waals surface area contributed by atoms with Gasteiger partial charge in [-0.2, -0.15) is 0 Å². The second-order valence-electron chi connectivity index (χ2n) is 4.31. The summed E-state index contributed by atoms with van der Waals surface area (Å²) >= 11 is 1.26. The van der Waals surface area contributed by atoms with E-state index in [4.69, 9.17) is 14.9 Å². The van der Waals surface area contributed by atoms with Gasteiger partial charge in [-0.15, -0.1) is 11.8 Å². The van der Waals surface area contributed by atoms with Crippen molar-refractivity contribution in [2.75, 3.05) is 64.1 Å². The first-order valence-electron chi connectivity index (χ1n) is 6.61. The third-order valence-electron chi connectivity index (χ3n) is 2.91. The molecule has 0 saturated carbocycles. The first kappa shape index (κ1) is 17.2. The Labute approximate surface area is 122 Å². The number of carbonyl (C=O) groups is 2. The van der Waals surface area contributed by atoms with Crippen LogP contribution in [0.1, 0.15) is 0 Å². The van der Waals surface area contributed by atoms with Gasteiger partial charge in [0.15, 0.2) is 0 Å². The van der Waals surface area contributed by atoms with Crippen molar-refractivity contribution >= 4 is 23.6 Å². The highest BCUT2D eigenvalue weighted by molar-refractivity contribution is 8.00. The number of carbonyl (C=O) groups excluding carboxylic acids is 2. The van der Waals surface area contributed by atoms with Gasteiger partial charge in [-0.3, -0.25) is 9.59 Å². The Balaban J connectivity index is 2.24. The van der Waals surface area contributed by atoms with E-state index in [1.807, 2.05) is 0 Å². The van der Waals surface area contributed by atoms with E-state index in [1.54, 1.807) is 4.90 Å². The minimum absolute atomic E-state index is 0.0157. The van der Waals surface area contributed by atoms with E-state index in [0.29, 0.717) is 26.3 Å². The topological polar surface area (TPSA) is 90.3 Å². The van der Waals surface area contributed by atoms with Gasteiger partial charge in [-0.05, 0) is 0 Å². The molecule has 0 aromatic rings. The maximum atomic E-state index is 11.8. The molecular weight excluding hydrogens is 284 g/mol. The summed E-state index contributed by atoms with van der Waals surface area (Å²) in [6.45, 7) is 2.48. The molecule has 0 aliphatic carbocycles. The molecule has 7 nitrogen and oxygen atoms in total. The van der Waals surface area contributed by atoms with Crippen LogP contribution in [-0.2, 0) is 14.3 Å². The van der Waals surface area contributed by atoms with E-state index in [-0.39, 0.29) is 49.6 Å². The van der Waals surface area contributed by atoms with Crippen molar-refractivity contribution in [3.05, 3.63) is 0 Å². The molecule has 116 valence electrons. The number of thioether (sulfide) groups is 1. The molecule has 1 aliphatic heterocycles. The number of nitrogens with zero attached hydrogens (tertiary/aromatic N) is 2. The van der Waals surface area contributed by atoms with Crippen LogP contribution >= 0.6 is 11.8 Å². The molecule has 2 N–H and O–H groups in total. The van der Waals surface area contributed by atoms with Crippen LogP contribution in [0, 0.1) is 0 Å². The maximum Gasteiger partial charge on any atom is 0.232 e. The highest BCUT2D eigenvalue weighted by Gasteiger charge is 2.18. The van der Waals surface area contributed by atoms with Gasteiger partial charge < -0.3 is 24.7 Å². The SMILES string of the molecule is O=C(CSCC(=O)N1CCOCC1)N(CCO)CCO. The Morgan fingerprint density at radius 2 is 1.70 bits per heavy atom. The molecule has 0 bridgehead atoms. The normalized spacial score (nSPS) is 15.2. The van der Waals surface area contributed by atoms with Crippen LogP contribution in [0.5, 0.6) is 0 Å². The van der Waals surface area contributed by atoms with Crippen molar-refractivity contribution in [2.45, 2.75) is 0 Å². The standard InChI is InChI=1S/C12H22N2O5S/c15-5-1-13(2-6-16)11(17)9-20-10-12(18)14-3-7-19-8-4-14/h15-16H,1-10H2. The first-order valence-corrected chi connectivity index (χ1v) is 7.77. The third-order valence-corrected chi connectivity index (χ3v) is 3.81. The minimum atomic E-state index is -0.173. The van der Waals surface area contributed by atoms with E-state index in [9.17, 15) is 9.59 Å². The summed E-state index contributed by atoms with van der Waals surface area (Å²) in [5, 5.41) is 17.7. The van der Waals surface area contributed by atoms with Crippen LogP contribution in [0.25, 0.3) is 0 Å². The number of rotatable bonds is 8. The summed E-state index contributed by atoms with van der Waals surface area (Å²) in [6.07, 6.45) is 0. The molecule has 0 atom stereocenters. The van der Waals surface area contributed by atoms with Crippen LogP contribution < -0.4 is 0 Å². The van der Waals surface area contributed by atoms with Crippen LogP contribution in [0.2, 0.25) is 0 Å². The molecule has 1 heterocycles.